The number of hydrogen-bond acceptors (Lipinski definition) is 0. The second-order valence-corrected chi connectivity index (χ2v) is 5.51. The van der Waals surface area contributed by atoms with Crippen molar-refractivity contribution >= 4 is 0 Å². The van der Waals surface area contributed by atoms with Crippen LogP contribution in [0.2, 0.25) is 0 Å². The Balaban J connectivity index is 4.16. The summed E-state index contributed by atoms with van der Waals surface area (Å²) >= 11 is 0. The average molecular weight is 184 g/mol. The molecule has 0 aliphatic rings. The van der Waals surface area contributed by atoms with Gasteiger partial charge in [0.05, 0.1) is 0 Å². The van der Waals surface area contributed by atoms with E-state index in [4.69, 9.17) is 0 Å². The first-order valence-electron chi connectivity index (χ1n) is 5.92. The van der Waals surface area contributed by atoms with Crippen molar-refractivity contribution in [2.24, 2.45) is 17.3 Å². The minimum absolute atomic E-state index is 0.574. The Kier molecular flexibility index (Phi) is 5.67. The van der Waals surface area contributed by atoms with Crippen LogP contribution in [0.1, 0.15) is 67.2 Å². The molecule has 1 atom stereocenters. The summed E-state index contributed by atoms with van der Waals surface area (Å²) in [6.45, 7) is 14.2. The first-order valence-corrected chi connectivity index (χ1v) is 5.92. The molecule has 0 saturated heterocycles. The molecule has 80 valence electrons. The van der Waals surface area contributed by atoms with Gasteiger partial charge in [0.25, 0.3) is 0 Å². The van der Waals surface area contributed by atoms with Crippen molar-refractivity contribution in [2.45, 2.75) is 67.2 Å². The molecule has 0 heteroatoms. The van der Waals surface area contributed by atoms with Gasteiger partial charge in [0.2, 0.25) is 0 Å². The van der Waals surface area contributed by atoms with Gasteiger partial charge >= 0.3 is 0 Å². The molecule has 0 aromatic heterocycles. The van der Waals surface area contributed by atoms with Crippen LogP contribution in [0, 0.1) is 17.3 Å². The molecule has 0 aromatic carbocycles. The summed E-state index contributed by atoms with van der Waals surface area (Å²) in [4.78, 5) is 0. The fraction of sp³-hybridized carbons (Fsp3) is 1.00. The van der Waals surface area contributed by atoms with Gasteiger partial charge in [0.1, 0.15) is 0 Å². The Bertz CT molecular complexity index is 124. The summed E-state index contributed by atoms with van der Waals surface area (Å²) in [5.74, 6) is 1.66. The predicted molar refractivity (Wildman–Crippen MR) is 61.9 cm³/mol. The van der Waals surface area contributed by atoms with Gasteiger partial charge in [-0.15, -0.1) is 0 Å². The third-order valence-electron chi connectivity index (χ3n) is 3.37. The third kappa shape index (κ3) is 4.69. The summed E-state index contributed by atoms with van der Waals surface area (Å²) in [5, 5.41) is 0. The van der Waals surface area contributed by atoms with Gasteiger partial charge in [-0.25, -0.2) is 0 Å². The standard InChI is InChI=1S/C13H28/c1-7-8-9-13(6,12(4)5)10-11(2)3/h11-12H,7-10H2,1-6H3. The van der Waals surface area contributed by atoms with E-state index in [0.717, 1.165) is 11.8 Å². The normalized spacial score (nSPS) is 16.6. The molecular formula is C13H28. The van der Waals surface area contributed by atoms with Crippen LogP contribution in [0.15, 0.2) is 0 Å². The van der Waals surface area contributed by atoms with Gasteiger partial charge in [-0.3, -0.25) is 0 Å². The summed E-state index contributed by atoms with van der Waals surface area (Å²) in [5.41, 5.74) is 0.574. The predicted octanol–water partition coefficient (Wildman–Crippen LogP) is 4.89. The molecule has 0 heterocycles. The second kappa shape index (κ2) is 5.67. The first-order chi connectivity index (χ1) is 5.92. The van der Waals surface area contributed by atoms with Gasteiger partial charge in [0, 0.05) is 0 Å². The maximum atomic E-state index is 2.47. The van der Waals surface area contributed by atoms with Crippen molar-refractivity contribution in [1.82, 2.24) is 0 Å². The topological polar surface area (TPSA) is 0 Å². The molecule has 0 nitrogen and oxygen atoms in total. The minimum Gasteiger partial charge on any atom is -0.0654 e. The molecule has 13 heavy (non-hydrogen) atoms. The Hall–Kier alpha value is 0. The van der Waals surface area contributed by atoms with Crippen LogP contribution in [0.25, 0.3) is 0 Å². The molecule has 0 radical (unpaired) electrons. The van der Waals surface area contributed by atoms with Gasteiger partial charge < -0.3 is 0 Å². The van der Waals surface area contributed by atoms with E-state index in [-0.39, 0.29) is 0 Å². The van der Waals surface area contributed by atoms with Gasteiger partial charge in [-0.05, 0) is 30.1 Å². The molecule has 0 aromatic rings. The highest BCUT2D eigenvalue weighted by atomic mass is 14.3. The average Bonchev–Trinajstić information content (AvgIpc) is 1.99. The van der Waals surface area contributed by atoms with E-state index in [1.807, 2.05) is 0 Å². The van der Waals surface area contributed by atoms with Crippen LogP contribution in [-0.4, -0.2) is 0 Å². The van der Waals surface area contributed by atoms with Crippen molar-refractivity contribution < 1.29 is 0 Å². The molecule has 0 bridgehead atoms. The molecule has 0 aliphatic carbocycles. The third-order valence-corrected chi connectivity index (χ3v) is 3.37. The molecule has 0 aliphatic heterocycles. The van der Waals surface area contributed by atoms with Crippen LogP contribution in [0.5, 0.6) is 0 Å². The zero-order valence-corrected chi connectivity index (χ0v) is 10.5. The summed E-state index contributed by atoms with van der Waals surface area (Å²) < 4.78 is 0. The monoisotopic (exact) mass is 184 g/mol. The van der Waals surface area contributed by atoms with Crippen molar-refractivity contribution in [1.29, 1.82) is 0 Å². The Morgan fingerprint density at radius 1 is 1.08 bits per heavy atom. The van der Waals surface area contributed by atoms with Crippen LogP contribution >= 0.6 is 0 Å². The Labute approximate surface area is 85.1 Å². The highest BCUT2D eigenvalue weighted by molar-refractivity contribution is 4.78. The summed E-state index contributed by atoms with van der Waals surface area (Å²) in [6, 6.07) is 0. The molecule has 0 amide bonds. The lowest BCUT2D eigenvalue weighted by molar-refractivity contribution is 0.152. The summed E-state index contributed by atoms with van der Waals surface area (Å²) in [6.07, 6.45) is 5.51. The highest BCUT2D eigenvalue weighted by Crippen LogP contribution is 2.38. The maximum absolute atomic E-state index is 2.47. The van der Waals surface area contributed by atoms with Crippen LogP contribution in [0.4, 0.5) is 0 Å². The molecular weight excluding hydrogens is 156 g/mol. The smallest absolute Gasteiger partial charge is 0.0300 e. The van der Waals surface area contributed by atoms with Crippen LogP contribution in [0.3, 0.4) is 0 Å². The number of rotatable bonds is 6. The zero-order chi connectivity index (χ0) is 10.5. The van der Waals surface area contributed by atoms with Crippen molar-refractivity contribution in [3.8, 4) is 0 Å². The number of hydrogen-bond donors (Lipinski definition) is 0. The van der Waals surface area contributed by atoms with Gasteiger partial charge in [0.15, 0.2) is 0 Å². The van der Waals surface area contributed by atoms with Gasteiger partial charge in [-0.1, -0.05) is 54.4 Å². The van der Waals surface area contributed by atoms with E-state index in [0.29, 0.717) is 5.41 Å². The van der Waals surface area contributed by atoms with E-state index in [1.54, 1.807) is 0 Å². The largest absolute Gasteiger partial charge is 0.0654 e. The van der Waals surface area contributed by atoms with E-state index in [2.05, 4.69) is 41.5 Å². The van der Waals surface area contributed by atoms with Crippen molar-refractivity contribution in [3.05, 3.63) is 0 Å². The summed E-state index contributed by atoms with van der Waals surface area (Å²) in [7, 11) is 0. The van der Waals surface area contributed by atoms with E-state index in [1.165, 1.54) is 25.7 Å². The van der Waals surface area contributed by atoms with Crippen molar-refractivity contribution in [2.75, 3.05) is 0 Å². The fourth-order valence-corrected chi connectivity index (χ4v) is 2.14. The van der Waals surface area contributed by atoms with Crippen LogP contribution in [-0.2, 0) is 0 Å². The van der Waals surface area contributed by atoms with E-state index in [9.17, 15) is 0 Å². The van der Waals surface area contributed by atoms with E-state index < -0.39 is 0 Å². The quantitative estimate of drug-likeness (QED) is 0.551. The highest BCUT2D eigenvalue weighted by Gasteiger charge is 2.28. The molecule has 0 rings (SSSR count). The van der Waals surface area contributed by atoms with E-state index >= 15 is 0 Å². The molecule has 0 saturated carbocycles. The lowest BCUT2D eigenvalue weighted by Crippen LogP contribution is -2.25. The Morgan fingerprint density at radius 3 is 1.92 bits per heavy atom. The molecule has 0 N–H and O–H groups in total. The number of unbranched alkanes of at least 4 members (excludes halogenated alkanes) is 1. The molecule has 0 spiro atoms. The molecule has 1 unspecified atom stereocenters. The SMILES string of the molecule is CCCCC(C)(CC(C)C)C(C)C. The van der Waals surface area contributed by atoms with Crippen LogP contribution < -0.4 is 0 Å². The Morgan fingerprint density at radius 2 is 1.62 bits per heavy atom. The van der Waals surface area contributed by atoms with Crippen molar-refractivity contribution in [3.63, 3.8) is 0 Å². The fourth-order valence-electron chi connectivity index (χ4n) is 2.14. The lowest BCUT2D eigenvalue weighted by Gasteiger charge is -2.35. The zero-order valence-electron chi connectivity index (χ0n) is 10.5. The lowest BCUT2D eigenvalue weighted by atomic mass is 9.70. The maximum Gasteiger partial charge on any atom is -0.0300 e. The molecule has 0 fully saturated rings. The second-order valence-electron chi connectivity index (χ2n) is 5.51. The minimum atomic E-state index is 0.574. The van der Waals surface area contributed by atoms with Gasteiger partial charge in [-0.2, -0.15) is 0 Å². The first kappa shape index (κ1) is 13.0.